The molecule has 0 saturated heterocycles. The highest BCUT2D eigenvalue weighted by Crippen LogP contribution is 2.27. The number of hydrogen-bond acceptors (Lipinski definition) is 3. The van der Waals surface area contributed by atoms with E-state index >= 15 is 0 Å². The summed E-state index contributed by atoms with van der Waals surface area (Å²) < 4.78 is 12.6. The zero-order valence-corrected chi connectivity index (χ0v) is 14.7. The highest BCUT2D eigenvalue weighted by atomic mass is 16.5. The SMILES string of the molecule is COc1ccc(CCNC(=O)c2ccc3c(ccn3C)c2)cc1OC. The van der Waals surface area contributed by atoms with Crippen LogP contribution in [0.15, 0.2) is 48.7 Å². The van der Waals surface area contributed by atoms with Crippen LogP contribution in [0.1, 0.15) is 15.9 Å². The number of aromatic nitrogens is 1. The van der Waals surface area contributed by atoms with Crippen molar-refractivity contribution in [3.05, 3.63) is 59.8 Å². The Morgan fingerprint density at radius 1 is 1.04 bits per heavy atom. The zero-order chi connectivity index (χ0) is 17.8. The molecule has 0 aliphatic heterocycles. The van der Waals surface area contributed by atoms with Gasteiger partial charge in [-0.15, -0.1) is 0 Å². The standard InChI is InChI=1S/C20H22N2O3/c1-22-11-9-15-13-16(5-6-17(15)22)20(23)21-10-8-14-4-7-18(24-2)19(12-14)25-3/h4-7,9,11-13H,8,10H2,1-3H3,(H,21,23). The molecule has 0 bridgehead atoms. The van der Waals surface area contributed by atoms with Crippen LogP contribution in [0, 0.1) is 0 Å². The molecule has 0 radical (unpaired) electrons. The first-order valence-electron chi connectivity index (χ1n) is 8.16. The van der Waals surface area contributed by atoms with Crippen LogP contribution in [0.5, 0.6) is 11.5 Å². The Hall–Kier alpha value is -2.95. The van der Waals surface area contributed by atoms with Gasteiger partial charge in [0.25, 0.3) is 5.91 Å². The normalized spacial score (nSPS) is 10.7. The van der Waals surface area contributed by atoms with Crippen molar-refractivity contribution >= 4 is 16.8 Å². The van der Waals surface area contributed by atoms with Crippen LogP contribution >= 0.6 is 0 Å². The van der Waals surface area contributed by atoms with Crippen LogP contribution in [0.4, 0.5) is 0 Å². The number of ether oxygens (including phenoxy) is 2. The van der Waals surface area contributed by atoms with Gasteiger partial charge in [0.05, 0.1) is 14.2 Å². The Kier molecular flexibility index (Phi) is 4.93. The molecular weight excluding hydrogens is 316 g/mol. The summed E-state index contributed by atoms with van der Waals surface area (Å²) in [6.07, 6.45) is 2.71. The Bertz CT molecular complexity index is 899. The molecule has 0 aliphatic rings. The topological polar surface area (TPSA) is 52.5 Å². The lowest BCUT2D eigenvalue weighted by atomic mass is 10.1. The Balaban J connectivity index is 1.62. The maximum atomic E-state index is 12.3. The highest BCUT2D eigenvalue weighted by molar-refractivity contribution is 5.98. The van der Waals surface area contributed by atoms with Crippen LogP contribution < -0.4 is 14.8 Å². The molecular formula is C20H22N2O3. The average Bonchev–Trinajstić information content (AvgIpc) is 3.01. The van der Waals surface area contributed by atoms with Crippen LogP contribution in [0.25, 0.3) is 10.9 Å². The second-order valence-corrected chi connectivity index (χ2v) is 5.90. The third-order valence-electron chi connectivity index (χ3n) is 4.29. The summed E-state index contributed by atoms with van der Waals surface area (Å²) in [4.78, 5) is 12.3. The number of methoxy groups -OCH3 is 2. The van der Waals surface area contributed by atoms with Gasteiger partial charge < -0.3 is 19.4 Å². The Morgan fingerprint density at radius 3 is 2.60 bits per heavy atom. The van der Waals surface area contributed by atoms with Gasteiger partial charge in [0.2, 0.25) is 0 Å². The van der Waals surface area contributed by atoms with E-state index in [1.807, 2.05) is 60.3 Å². The number of aryl methyl sites for hydroxylation is 1. The summed E-state index contributed by atoms with van der Waals surface area (Å²) in [5.74, 6) is 1.33. The smallest absolute Gasteiger partial charge is 0.251 e. The van der Waals surface area contributed by atoms with Crippen molar-refractivity contribution in [1.29, 1.82) is 0 Å². The minimum absolute atomic E-state index is 0.0637. The quantitative estimate of drug-likeness (QED) is 0.751. The fourth-order valence-electron chi connectivity index (χ4n) is 2.88. The molecule has 1 heterocycles. The summed E-state index contributed by atoms with van der Waals surface area (Å²) in [6.45, 7) is 0.557. The maximum absolute atomic E-state index is 12.3. The number of benzene rings is 2. The summed E-state index contributed by atoms with van der Waals surface area (Å²) in [6, 6.07) is 13.5. The van der Waals surface area contributed by atoms with Gasteiger partial charge in [-0.05, 0) is 48.4 Å². The first-order chi connectivity index (χ1) is 12.1. The Morgan fingerprint density at radius 2 is 1.84 bits per heavy atom. The molecule has 1 aromatic heterocycles. The number of nitrogens with zero attached hydrogens (tertiary/aromatic N) is 1. The van der Waals surface area contributed by atoms with E-state index in [0.717, 1.165) is 22.9 Å². The lowest BCUT2D eigenvalue weighted by Gasteiger charge is -2.10. The second kappa shape index (κ2) is 7.30. The van der Waals surface area contributed by atoms with E-state index in [1.165, 1.54) is 0 Å². The number of hydrogen-bond donors (Lipinski definition) is 1. The molecule has 5 heteroatoms. The third kappa shape index (κ3) is 3.60. The molecule has 0 atom stereocenters. The molecule has 1 N–H and O–H groups in total. The van der Waals surface area contributed by atoms with Crippen molar-refractivity contribution in [2.75, 3.05) is 20.8 Å². The van der Waals surface area contributed by atoms with Crippen molar-refractivity contribution < 1.29 is 14.3 Å². The zero-order valence-electron chi connectivity index (χ0n) is 14.7. The maximum Gasteiger partial charge on any atom is 0.251 e. The van der Waals surface area contributed by atoms with Gasteiger partial charge in [-0.1, -0.05) is 6.07 Å². The highest BCUT2D eigenvalue weighted by Gasteiger charge is 2.08. The molecule has 5 nitrogen and oxygen atoms in total. The van der Waals surface area contributed by atoms with Crippen molar-refractivity contribution in [2.45, 2.75) is 6.42 Å². The molecule has 2 aromatic carbocycles. The van der Waals surface area contributed by atoms with E-state index in [-0.39, 0.29) is 5.91 Å². The Labute approximate surface area is 147 Å². The predicted molar refractivity (Wildman–Crippen MR) is 98.5 cm³/mol. The summed E-state index contributed by atoms with van der Waals surface area (Å²) in [7, 11) is 5.22. The molecule has 3 aromatic rings. The van der Waals surface area contributed by atoms with Gasteiger partial charge in [0.1, 0.15) is 0 Å². The van der Waals surface area contributed by atoms with Crippen molar-refractivity contribution in [2.24, 2.45) is 7.05 Å². The molecule has 0 fully saturated rings. The average molecular weight is 338 g/mol. The van der Waals surface area contributed by atoms with Crippen LogP contribution in [-0.4, -0.2) is 31.2 Å². The second-order valence-electron chi connectivity index (χ2n) is 5.90. The van der Waals surface area contributed by atoms with E-state index in [4.69, 9.17) is 9.47 Å². The van der Waals surface area contributed by atoms with Crippen LogP contribution in [-0.2, 0) is 13.5 Å². The molecule has 25 heavy (non-hydrogen) atoms. The first-order valence-corrected chi connectivity index (χ1v) is 8.16. The van der Waals surface area contributed by atoms with Crippen molar-refractivity contribution in [3.8, 4) is 11.5 Å². The third-order valence-corrected chi connectivity index (χ3v) is 4.29. The van der Waals surface area contributed by atoms with Crippen LogP contribution in [0.2, 0.25) is 0 Å². The van der Waals surface area contributed by atoms with Gasteiger partial charge in [0, 0.05) is 36.3 Å². The lowest BCUT2D eigenvalue weighted by Crippen LogP contribution is -2.25. The van der Waals surface area contributed by atoms with Gasteiger partial charge >= 0.3 is 0 Å². The summed E-state index contributed by atoms with van der Waals surface area (Å²) >= 11 is 0. The fraction of sp³-hybridized carbons (Fsp3) is 0.250. The van der Waals surface area contributed by atoms with Gasteiger partial charge in [-0.25, -0.2) is 0 Å². The summed E-state index contributed by atoms with van der Waals surface area (Å²) in [5.41, 5.74) is 2.87. The first kappa shape index (κ1) is 16.9. The molecule has 130 valence electrons. The van der Waals surface area contributed by atoms with E-state index in [9.17, 15) is 4.79 Å². The summed E-state index contributed by atoms with van der Waals surface area (Å²) in [5, 5.41) is 4.03. The number of nitrogens with one attached hydrogen (secondary N) is 1. The van der Waals surface area contributed by atoms with Gasteiger partial charge in [0.15, 0.2) is 11.5 Å². The molecule has 3 rings (SSSR count). The van der Waals surface area contributed by atoms with Crippen molar-refractivity contribution in [3.63, 3.8) is 0 Å². The van der Waals surface area contributed by atoms with E-state index in [0.29, 0.717) is 23.6 Å². The molecule has 0 aliphatic carbocycles. The number of carbonyl (C=O) groups excluding carboxylic acids is 1. The molecule has 1 amide bonds. The fourth-order valence-corrected chi connectivity index (χ4v) is 2.88. The number of carbonyl (C=O) groups is 1. The predicted octanol–water partition coefficient (Wildman–Crippen LogP) is 3.17. The van der Waals surface area contributed by atoms with Crippen LogP contribution in [0.3, 0.4) is 0 Å². The monoisotopic (exact) mass is 338 g/mol. The van der Waals surface area contributed by atoms with Gasteiger partial charge in [-0.2, -0.15) is 0 Å². The van der Waals surface area contributed by atoms with Gasteiger partial charge in [-0.3, -0.25) is 4.79 Å². The minimum Gasteiger partial charge on any atom is -0.493 e. The molecule has 0 saturated carbocycles. The van der Waals surface area contributed by atoms with E-state index in [1.54, 1.807) is 14.2 Å². The lowest BCUT2D eigenvalue weighted by molar-refractivity contribution is 0.0954. The molecule has 0 unspecified atom stereocenters. The van der Waals surface area contributed by atoms with Crippen molar-refractivity contribution in [1.82, 2.24) is 9.88 Å². The largest absolute Gasteiger partial charge is 0.493 e. The van der Waals surface area contributed by atoms with E-state index in [2.05, 4.69) is 5.32 Å². The number of rotatable bonds is 6. The minimum atomic E-state index is -0.0637. The molecule has 0 spiro atoms. The van der Waals surface area contributed by atoms with E-state index < -0.39 is 0 Å². The number of amides is 1. The number of fused-ring (bicyclic) bond motifs is 1.